The average Bonchev–Trinajstić information content (AvgIpc) is 3.08. The summed E-state index contributed by atoms with van der Waals surface area (Å²) in [7, 11) is 0. The van der Waals surface area contributed by atoms with Crippen LogP contribution in [-0.4, -0.2) is 21.3 Å². The molecule has 6 heteroatoms. The van der Waals surface area contributed by atoms with Gasteiger partial charge in [-0.3, -0.25) is 0 Å². The Morgan fingerprint density at radius 3 is 2.65 bits per heavy atom. The summed E-state index contributed by atoms with van der Waals surface area (Å²) in [6.07, 6.45) is 1.95. The first-order valence-electron chi connectivity index (χ1n) is 6.13. The predicted molar refractivity (Wildman–Crippen MR) is 79.5 cm³/mol. The van der Waals surface area contributed by atoms with Crippen LogP contribution in [0.3, 0.4) is 0 Å². The fourth-order valence-corrected chi connectivity index (χ4v) is 1.97. The molecule has 0 aliphatic rings. The molecule has 0 bridgehead atoms. The van der Waals surface area contributed by atoms with Crippen molar-refractivity contribution in [3.8, 4) is 23.0 Å². The highest BCUT2D eigenvalue weighted by atomic mass is 35.5. The van der Waals surface area contributed by atoms with Crippen molar-refractivity contribution in [2.24, 2.45) is 5.73 Å². The maximum Gasteiger partial charge on any atom is 0.274 e. The van der Waals surface area contributed by atoms with Gasteiger partial charge in [-0.2, -0.15) is 4.98 Å². The largest absolute Gasteiger partial charge is 0.342 e. The minimum absolute atomic E-state index is 0. The quantitative estimate of drug-likeness (QED) is 0.802. The first-order valence-corrected chi connectivity index (χ1v) is 6.13. The lowest BCUT2D eigenvalue weighted by molar-refractivity contribution is 0.428. The zero-order chi connectivity index (χ0) is 13.1. The summed E-state index contributed by atoms with van der Waals surface area (Å²) in [5.41, 5.74) is 7.40. The van der Waals surface area contributed by atoms with Crippen LogP contribution in [0.4, 0.5) is 0 Å². The Bertz CT molecular complexity index is 663. The molecule has 0 aliphatic carbocycles. The third kappa shape index (κ3) is 2.74. The summed E-state index contributed by atoms with van der Waals surface area (Å²) >= 11 is 0. The standard InChI is InChI=1S/C14H14N4O.ClH/c15-8-10-18-9-4-7-12(18)14-16-13(17-19-14)11-5-2-1-3-6-11;/h1-7,9H,8,10,15H2;1H. The van der Waals surface area contributed by atoms with E-state index in [0.717, 1.165) is 17.8 Å². The Hall–Kier alpha value is -2.11. The molecule has 0 radical (unpaired) electrons. The van der Waals surface area contributed by atoms with Gasteiger partial charge < -0.3 is 14.8 Å². The first kappa shape index (κ1) is 14.3. The molecule has 0 saturated carbocycles. The molecule has 0 fully saturated rings. The second kappa shape index (κ2) is 6.36. The van der Waals surface area contributed by atoms with Crippen molar-refractivity contribution in [2.45, 2.75) is 6.54 Å². The van der Waals surface area contributed by atoms with Crippen LogP contribution in [0.5, 0.6) is 0 Å². The van der Waals surface area contributed by atoms with E-state index in [1.165, 1.54) is 0 Å². The highest BCUT2D eigenvalue weighted by Gasteiger charge is 2.13. The Morgan fingerprint density at radius 2 is 1.90 bits per heavy atom. The molecule has 0 saturated heterocycles. The van der Waals surface area contributed by atoms with E-state index in [2.05, 4.69) is 10.1 Å². The van der Waals surface area contributed by atoms with Crippen molar-refractivity contribution in [2.75, 3.05) is 6.54 Å². The number of hydrogen-bond donors (Lipinski definition) is 1. The number of nitrogens with zero attached hydrogens (tertiary/aromatic N) is 3. The van der Waals surface area contributed by atoms with Crippen LogP contribution in [0.2, 0.25) is 0 Å². The predicted octanol–water partition coefficient (Wildman–Crippen LogP) is 2.59. The first-order chi connectivity index (χ1) is 9.38. The van der Waals surface area contributed by atoms with Gasteiger partial charge in [-0.05, 0) is 12.1 Å². The van der Waals surface area contributed by atoms with Crippen molar-refractivity contribution >= 4 is 12.4 Å². The van der Waals surface area contributed by atoms with Gasteiger partial charge in [0.25, 0.3) is 5.89 Å². The zero-order valence-corrected chi connectivity index (χ0v) is 11.6. The van der Waals surface area contributed by atoms with Gasteiger partial charge in [-0.25, -0.2) is 0 Å². The molecule has 2 N–H and O–H groups in total. The summed E-state index contributed by atoms with van der Waals surface area (Å²) in [5, 5.41) is 4.01. The molecule has 0 amide bonds. The number of hydrogen-bond acceptors (Lipinski definition) is 4. The van der Waals surface area contributed by atoms with Gasteiger partial charge in [-0.15, -0.1) is 12.4 Å². The van der Waals surface area contributed by atoms with Gasteiger partial charge in [0.15, 0.2) is 0 Å². The number of halogens is 1. The summed E-state index contributed by atoms with van der Waals surface area (Å²) in [6.45, 7) is 1.30. The van der Waals surface area contributed by atoms with E-state index in [4.69, 9.17) is 10.3 Å². The maximum absolute atomic E-state index is 5.58. The molecule has 0 unspecified atom stereocenters. The molecule has 2 heterocycles. The van der Waals surface area contributed by atoms with Gasteiger partial charge in [0.2, 0.25) is 5.82 Å². The van der Waals surface area contributed by atoms with E-state index in [9.17, 15) is 0 Å². The molecule has 5 nitrogen and oxygen atoms in total. The summed E-state index contributed by atoms with van der Waals surface area (Å²) in [4.78, 5) is 4.43. The molecule has 0 spiro atoms. The van der Waals surface area contributed by atoms with Gasteiger partial charge in [0.1, 0.15) is 5.69 Å². The van der Waals surface area contributed by atoms with Gasteiger partial charge in [0.05, 0.1) is 0 Å². The van der Waals surface area contributed by atoms with Crippen LogP contribution in [0.25, 0.3) is 23.0 Å². The Balaban J connectivity index is 0.00000147. The molecule has 0 aliphatic heterocycles. The number of aromatic nitrogens is 3. The third-order valence-electron chi connectivity index (χ3n) is 2.88. The van der Waals surface area contributed by atoms with Crippen LogP contribution in [-0.2, 0) is 6.54 Å². The monoisotopic (exact) mass is 290 g/mol. The van der Waals surface area contributed by atoms with Crippen molar-refractivity contribution in [1.82, 2.24) is 14.7 Å². The molecular formula is C14H15ClN4O. The second-order valence-electron chi connectivity index (χ2n) is 4.16. The van der Waals surface area contributed by atoms with E-state index in [-0.39, 0.29) is 12.4 Å². The van der Waals surface area contributed by atoms with Gasteiger partial charge in [-0.1, -0.05) is 35.5 Å². The molecule has 104 valence electrons. The number of rotatable bonds is 4. The Labute approximate surface area is 122 Å². The summed E-state index contributed by atoms with van der Waals surface area (Å²) in [5.74, 6) is 1.11. The normalized spacial score (nSPS) is 10.2. The molecule has 1 aromatic carbocycles. The Morgan fingerprint density at radius 1 is 1.10 bits per heavy atom. The topological polar surface area (TPSA) is 69.9 Å². The molecule has 0 atom stereocenters. The molecular weight excluding hydrogens is 276 g/mol. The summed E-state index contributed by atoms with van der Waals surface area (Å²) in [6, 6.07) is 13.6. The highest BCUT2D eigenvalue weighted by Crippen LogP contribution is 2.22. The third-order valence-corrected chi connectivity index (χ3v) is 2.88. The highest BCUT2D eigenvalue weighted by molar-refractivity contribution is 5.85. The van der Waals surface area contributed by atoms with Gasteiger partial charge in [0, 0.05) is 24.8 Å². The molecule has 2 aromatic heterocycles. The van der Waals surface area contributed by atoms with Crippen LogP contribution >= 0.6 is 12.4 Å². The van der Waals surface area contributed by atoms with E-state index < -0.39 is 0 Å². The van der Waals surface area contributed by atoms with Gasteiger partial charge >= 0.3 is 0 Å². The minimum Gasteiger partial charge on any atom is -0.342 e. The minimum atomic E-state index is 0. The van der Waals surface area contributed by atoms with E-state index in [0.29, 0.717) is 18.3 Å². The van der Waals surface area contributed by atoms with E-state index >= 15 is 0 Å². The van der Waals surface area contributed by atoms with Crippen molar-refractivity contribution in [1.29, 1.82) is 0 Å². The lowest BCUT2D eigenvalue weighted by atomic mass is 10.2. The second-order valence-corrected chi connectivity index (χ2v) is 4.16. The fraction of sp³-hybridized carbons (Fsp3) is 0.143. The van der Waals surface area contributed by atoms with Crippen LogP contribution in [0, 0.1) is 0 Å². The fourth-order valence-electron chi connectivity index (χ4n) is 1.97. The molecule has 3 aromatic rings. The van der Waals surface area contributed by atoms with Crippen LogP contribution in [0.15, 0.2) is 53.2 Å². The van der Waals surface area contributed by atoms with Crippen LogP contribution in [0.1, 0.15) is 0 Å². The Kier molecular flexibility index (Phi) is 4.55. The summed E-state index contributed by atoms with van der Waals surface area (Å²) < 4.78 is 7.33. The SMILES string of the molecule is Cl.NCCn1cccc1-c1nc(-c2ccccc2)no1. The zero-order valence-electron chi connectivity index (χ0n) is 10.8. The van der Waals surface area contributed by atoms with E-state index in [1.54, 1.807) is 0 Å². The average molecular weight is 291 g/mol. The van der Waals surface area contributed by atoms with Crippen molar-refractivity contribution < 1.29 is 4.52 Å². The molecule has 20 heavy (non-hydrogen) atoms. The molecule has 3 rings (SSSR count). The number of nitrogens with two attached hydrogens (primary N) is 1. The number of benzene rings is 1. The lowest BCUT2D eigenvalue weighted by Gasteiger charge is -2.02. The lowest BCUT2D eigenvalue weighted by Crippen LogP contribution is -2.09. The van der Waals surface area contributed by atoms with E-state index in [1.807, 2.05) is 53.2 Å². The maximum atomic E-state index is 5.58. The van der Waals surface area contributed by atoms with Crippen LogP contribution < -0.4 is 5.73 Å². The van der Waals surface area contributed by atoms with Crippen molar-refractivity contribution in [3.63, 3.8) is 0 Å². The smallest absolute Gasteiger partial charge is 0.274 e. The van der Waals surface area contributed by atoms with Crippen molar-refractivity contribution in [3.05, 3.63) is 48.7 Å².